The maximum atomic E-state index is 6.01. The zero-order chi connectivity index (χ0) is 12.5. The molecule has 2 N–H and O–H groups in total. The van der Waals surface area contributed by atoms with E-state index >= 15 is 0 Å². The van der Waals surface area contributed by atoms with Crippen LogP contribution in [0.1, 0.15) is 18.2 Å². The number of aryl methyl sites for hydroxylation is 1. The summed E-state index contributed by atoms with van der Waals surface area (Å²) in [5.41, 5.74) is 10.7. The Balaban J connectivity index is 1.88. The van der Waals surface area contributed by atoms with E-state index < -0.39 is 0 Å². The van der Waals surface area contributed by atoms with Crippen molar-refractivity contribution in [3.8, 4) is 0 Å². The third-order valence-electron chi connectivity index (χ3n) is 3.60. The number of rotatable bonds is 3. The molecule has 0 atom stereocenters. The van der Waals surface area contributed by atoms with Gasteiger partial charge in [-0.3, -0.25) is 4.68 Å². The highest BCUT2D eigenvalue weighted by Crippen LogP contribution is 2.29. The van der Waals surface area contributed by atoms with E-state index in [4.69, 9.17) is 5.73 Å². The standard InChI is InChI=1S/C14H18N4/c1-2-18-14(12(15)9-16-18)10-17-8-7-11-5-3-4-6-13(11)17/h3-6,9H,2,7-8,10,15H2,1H3. The molecule has 0 saturated carbocycles. The summed E-state index contributed by atoms with van der Waals surface area (Å²) in [4.78, 5) is 2.38. The van der Waals surface area contributed by atoms with Crippen molar-refractivity contribution in [2.75, 3.05) is 17.2 Å². The zero-order valence-corrected chi connectivity index (χ0v) is 10.6. The van der Waals surface area contributed by atoms with E-state index in [0.29, 0.717) is 0 Å². The fourth-order valence-corrected chi connectivity index (χ4v) is 2.62. The summed E-state index contributed by atoms with van der Waals surface area (Å²) in [6.07, 6.45) is 2.87. The van der Waals surface area contributed by atoms with Gasteiger partial charge in [0.25, 0.3) is 0 Å². The summed E-state index contributed by atoms with van der Waals surface area (Å²) in [5.74, 6) is 0. The van der Waals surface area contributed by atoms with Crippen LogP contribution in [0.2, 0.25) is 0 Å². The van der Waals surface area contributed by atoms with Crippen molar-refractivity contribution in [1.82, 2.24) is 9.78 Å². The van der Waals surface area contributed by atoms with Crippen LogP contribution in [0.3, 0.4) is 0 Å². The first-order valence-corrected chi connectivity index (χ1v) is 6.42. The molecule has 4 nitrogen and oxygen atoms in total. The van der Waals surface area contributed by atoms with E-state index in [1.807, 2.05) is 4.68 Å². The van der Waals surface area contributed by atoms with Gasteiger partial charge in [-0.25, -0.2) is 0 Å². The van der Waals surface area contributed by atoms with E-state index in [-0.39, 0.29) is 0 Å². The molecule has 0 spiro atoms. The Labute approximate surface area is 107 Å². The third-order valence-corrected chi connectivity index (χ3v) is 3.60. The van der Waals surface area contributed by atoms with Gasteiger partial charge in [0, 0.05) is 18.8 Å². The maximum absolute atomic E-state index is 6.01. The van der Waals surface area contributed by atoms with Crippen molar-refractivity contribution in [3.05, 3.63) is 41.7 Å². The minimum absolute atomic E-state index is 0.793. The molecule has 1 aromatic heterocycles. The summed E-state index contributed by atoms with van der Waals surface area (Å²) in [7, 11) is 0. The van der Waals surface area contributed by atoms with Crippen molar-refractivity contribution in [2.24, 2.45) is 0 Å². The molecule has 2 aromatic rings. The molecular weight excluding hydrogens is 224 g/mol. The molecule has 1 aromatic carbocycles. The lowest BCUT2D eigenvalue weighted by molar-refractivity contribution is 0.613. The van der Waals surface area contributed by atoms with Gasteiger partial charge in [0.15, 0.2) is 0 Å². The Kier molecular flexibility index (Phi) is 2.70. The average molecular weight is 242 g/mol. The van der Waals surface area contributed by atoms with Crippen LogP contribution in [0.15, 0.2) is 30.5 Å². The summed E-state index contributed by atoms with van der Waals surface area (Å²) in [6.45, 7) is 4.86. The smallest absolute Gasteiger partial charge is 0.0806 e. The molecular formula is C14H18N4. The van der Waals surface area contributed by atoms with Crippen LogP contribution >= 0.6 is 0 Å². The Bertz CT molecular complexity index is 559. The number of aromatic nitrogens is 2. The van der Waals surface area contributed by atoms with Gasteiger partial charge >= 0.3 is 0 Å². The van der Waals surface area contributed by atoms with Crippen LogP contribution in [0.5, 0.6) is 0 Å². The van der Waals surface area contributed by atoms with Gasteiger partial charge in [-0.15, -0.1) is 0 Å². The number of anilines is 2. The lowest BCUT2D eigenvalue weighted by Gasteiger charge is -2.20. The molecule has 0 bridgehead atoms. The van der Waals surface area contributed by atoms with Crippen LogP contribution < -0.4 is 10.6 Å². The molecule has 1 aliphatic heterocycles. The number of hydrogen-bond acceptors (Lipinski definition) is 3. The molecule has 94 valence electrons. The second kappa shape index (κ2) is 4.37. The predicted octanol–water partition coefficient (Wildman–Crippen LogP) is 2.05. The fourth-order valence-electron chi connectivity index (χ4n) is 2.62. The number of nitrogens with two attached hydrogens (primary N) is 1. The predicted molar refractivity (Wildman–Crippen MR) is 73.5 cm³/mol. The topological polar surface area (TPSA) is 47.1 Å². The summed E-state index contributed by atoms with van der Waals surface area (Å²) >= 11 is 0. The van der Waals surface area contributed by atoms with Crippen molar-refractivity contribution in [3.63, 3.8) is 0 Å². The molecule has 0 unspecified atom stereocenters. The molecule has 2 heterocycles. The minimum Gasteiger partial charge on any atom is -0.396 e. The number of nitrogen functional groups attached to an aromatic ring is 1. The molecule has 18 heavy (non-hydrogen) atoms. The van der Waals surface area contributed by atoms with Gasteiger partial charge < -0.3 is 10.6 Å². The van der Waals surface area contributed by atoms with Crippen molar-refractivity contribution >= 4 is 11.4 Å². The number of hydrogen-bond donors (Lipinski definition) is 1. The fraction of sp³-hybridized carbons (Fsp3) is 0.357. The highest BCUT2D eigenvalue weighted by Gasteiger charge is 2.20. The van der Waals surface area contributed by atoms with Gasteiger partial charge in [-0.2, -0.15) is 5.10 Å². The van der Waals surface area contributed by atoms with Crippen LogP contribution in [0.4, 0.5) is 11.4 Å². The first kappa shape index (κ1) is 11.1. The van der Waals surface area contributed by atoms with Gasteiger partial charge in [-0.05, 0) is 25.0 Å². The molecule has 0 aliphatic carbocycles. The zero-order valence-electron chi connectivity index (χ0n) is 10.6. The average Bonchev–Trinajstić information content (AvgIpc) is 2.96. The highest BCUT2D eigenvalue weighted by molar-refractivity contribution is 5.58. The lowest BCUT2D eigenvalue weighted by Crippen LogP contribution is -2.22. The Morgan fingerprint density at radius 3 is 3.00 bits per heavy atom. The summed E-state index contributed by atoms with van der Waals surface area (Å²) < 4.78 is 1.98. The van der Waals surface area contributed by atoms with Gasteiger partial charge in [0.2, 0.25) is 0 Å². The van der Waals surface area contributed by atoms with Crippen molar-refractivity contribution < 1.29 is 0 Å². The van der Waals surface area contributed by atoms with Crippen molar-refractivity contribution in [2.45, 2.75) is 26.4 Å². The van der Waals surface area contributed by atoms with Crippen LogP contribution in [-0.2, 0) is 19.5 Å². The molecule has 0 amide bonds. The molecule has 0 radical (unpaired) electrons. The summed E-state index contributed by atoms with van der Waals surface area (Å²) in [6, 6.07) is 8.59. The van der Waals surface area contributed by atoms with E-state index in [2.05, 4.69) is 41.2 Å². The maximum Gasteiger partial charge on any atom is 0.0806 e. The normalized spacial score (nSPS) is 13.9. The molecule has 4 heteroatoms. The Hall–Kier alpha value is -1.97. The van der Waals surface area contributed by atoms with Crippen molar-refractivity contribution in [1.29, 1.82) is 0 Å². The monoisotopic (exact) mass is 242 g/mol. The highest BCUT2D eigenvalue weighted by atomic mass is 15.3. The molecule has 0 saturated heterocycles. The molecule has 1 aliphatic rings. The summed E-state index contributed by atoms with van der Waals surface area (Å²) in [5, 5.41) is 4.30. The minimum atomic E-state index is 0.793. The first-order valence-electron chi connectivity index (χ1n) is 6.42. The van der Waals surface area contributed by atoms with E-state index in [1.54, 1.807) is 6.20 Å². The van der Waals surface area contributed by atoms with Gasteiger partial charge in [0.05, 0.1) is 24.1 Å². The lowest BCUT2D eigenvalue weighted by atomic mass is 10.2. The van der Waals surface area contributed by atoms with Crippen LogP contribution in [0.25, 0.3) is 0 Å². The number of fused-ring (bicyclic) bond motifs is 1. The third kappa shape index (κ3) is 1.74. The van der Waals surface area contributed by atoms with E-state index in [1.165, 1.54) is 11.3 Å². The first-order chi connectivity index (χ1) is 8.79. The molecule has 3 rings (SSSR count). The number of nitrogens with zero attached hydrogens (tertiary/aromatic N) is 3. The Morgan fingerprint density at radius 1 is 1.33 bits per heavy atom. The largest absolute Gasteiger partial charge is 0.396 e. The van der Waals surface area contributed by atoms with E-state index in [9.17, 15) is 0 Å². The van der Waals surface area contributed by atoms with Gasteiger partial charge in [0.1, 0.15) is 0 Å². The quantitative estimate of drug-likeness (QED) is 0.896. The number of benzene rings is 1. The second-order valence-electron chi connectivity index (χ2n) is 4.66. The number of para-hydroxylation sites is 1. The van der Waals surface area contributed by atoms with Crippen LogP contribution in [-0.4, -0.2) is 16.3 Å². The molecule has 0 fully saturated rings. The van der Waals surface area contributed by atoms with E-state index in [0.717, 1.165) is 37.4 Å². The van der Waals surface area contributed by atoms with Crippen LogP contribution in [0, 0.1) is 0 Å². The van der Waals surface area contributed by atoms with Gasteiger partial charge in [-0.1, -0.05) is 18.2 Å². The SMILES string of the molecule is CCn1ncc(N)c1CN1CCc2ccccc21. The Morgan fingerprint density at radius 2 is 2.17 bits per heavy atom. The second-order valence-corrected chi connectivity index (χ2v) is 4.66.